The number of anilines is 1. The number of para-hydroxylation sites is 1. The fourth-order valence-corrected chi connectivity index (χ4v) is 2.51. The molecule has 0 heterocycles. The lowest BCUT2D eigenvalue weighted by Crippen LogP contribution is -2.31. The lowest BCUT2D eigenvalue weighted by molar-refractivity contribution is 0.249. The Hall–Kier alpha value is -2.21. The molecule has 122 valence electrons. The van der Waals surface area contributed by atoms with Gasteiger partial charge in [0.25, 0.3) is 0 Å². The molecular weight excluding hydrogens is 360 g/mol. The van der Waals surface area contributed by atoms with Gasteiger partial charge in [-0.3, -0.25) is 0 Å². The summed E-state index contributed by atoms with van der Waals surface area (Å²) in [4.78, 5) is 12.1. The average molecular weight is 379 g/mol. The van der Waals surface area contributed by atoms with Crippen LogP contribution in [0.15, 0.2) is 46.9 Å². The molecule has 2 N–H and O–H groups in total. The van der Waals surface area contributed by atoms with Gasteiger partial charge in [-0.2, -0.15) is 0 Å². The highest BCUT2D eigenvalue weighted by Crippen LogP contribution is 2.30. The largest absolute Gasteiger partial charge is 0.493 e. The molecule has 0 aromatic heterocycles. The summed E-state index contributed by atoms with van der Waals surface area (Å²) in [7, 11) is 3.17. The van der Waals surface area contributed by atoms with Gasteiger partial charge in [-0.1, -0.05) is 18.2 Å². The predicted octanol–water partition coefficient (Wildman–Crippen LogP) is 4.35. The van der Waals surface area contributed by atoms with E-state index in [9.17, 15) is 4.79 Å². The summed E-state index contributed by atoms with van der Waals surface area (Å²) in [6.45, 7) is 1.90. The van der Waals surface area contributed by atoms with Crippen LogP contribution < -0.4 is 20.1 Å². The molecule has 6 heteroatoms. The number of benzene rings is 2. The van der Waals surface area contributed by atoms with Crippen LogP contribution in [0.2, 0.25) is 0 Å². The van der Waals surface area contributed by atoms with E-state index in [-0.39, 0.29) is 12.1 Å². The van der Waals surface area contributed by atoms with Crippen molar-refractivity contribution < 1.29 is 14.3 Å². The van der Waals surface area contributed by atoms with Gasteiger partial charge in [0.1, 0.15) is 0 Å². The van der Waals surface area contributed by atoms with Crippen LogP contribution in [0.1, 0.15) is 18.5 Å². The molecule has 0 spiro atoms. The molecular formula is C17H19BrN2O3. The molecule has 2 amide bonds. The molecule has 1 atom stereocenters. The topological polar surface area (TPSA) is 59.6 Å². The summed E-state index contributed by atoms with van der Waals surface area (Å²) >= 11 is 3.40. The van der Waals surface area contributed by atoms with Crippen molar-refractivity contribution in [1.82, 2.24) is 5.32 Å². The molecule has 0 fully saturated rings. The van der Waals surface area contributed by atoms with E-state index >= 15 is 0 Å². The minimum atomic E-state index is -0.279. The van der Waals surface area contributed by atoms with Crippen molar-refractivity contribution in [1.29, 1.82) is 0 Å². The maximum atomic E-state index is 12.1. The van der Waals surface area contributed by atoms with Gasteiger partial charge in [0, 0.05) is 4.47 Å². The number of methoxy groups -OCH3 is 2. The highest BCUT2D eigenvalue weighted by Gasteiger charge is 2.13. The van der Waals surface area contributed by atoms with E-state index in [0.29, 0.717) is 17.2 Å². The molecule has 0 unspecified atom stereocenters. The standard InChI is InChI=1S/C17H19BrN2O3/c1-11(12-8-9-15(22-2)16(10-12)23-3)19-17(21)20-14-7-5-4-6-13(14)18/h4-11H,1-3H3,(H2,19,20,21)/t11-/m1/s1. The van der Waals surface area contributed by atoms with Crippen molar-refractivity contribution in [3.8, 4) is 11.5 Å². The Labute approximate surface area is 144 Å². The summed E-state index contributed by atoms with van der Waals surface area (Å²) in [6, 6.07) is 12.5. The van der Waals surface area contributed by atoms with Crippen LogP contribution >= 0.6 is 15.9 Å². The van der Waals surface area contributed by atoms with Crippen LogP contribution in [0.25, 0.3) is 0 Å². The summed E-state index contributed by atoms with van der Waals surface area (Å²) in [6.07, 6.45) is 0. The van der Waals surface area contributed by atoms with Crippen molar-refractivity contribution in [2.75, 3.05) is 19.5 Å². The second-order valence-corrected chi connectivity index (χ2v) is 5.77. The van der Waals surface area contributed by atoms with Crippen LogP contribution in [0.4, 0.5) is 10.5 Å². The van der Waals surface area contributed by atoms with Gasteiger partial charge in [-0.05, 0) is 52.7 Å². The first-order valence-electron chi connectivity index (χ1n) is 7.09. The number of hydrogen-bond donors (Lipinski definition) is 2. The minimum absolute atomic E-state index is 0.183. The van der Waals surface area contributed by atoms with Crippen molar-refractivity contribution in [3.05, 3.63) is 52.5 Å². The SMILES string of the molecule is COc1ccc([C@@H](C)NC(=O)Nc2ccccc2Br)cc1OC. The van der Waals surface area contributed by atoms with E-state index in [1.165, 1.54) is 0 Å². The number of halogens is 1. The Morgan fingerprint density at radius 3 is 2.43 bits per heavy atom. The lowest BCUT2D eigenvalue weighted by atomic mass is 10.1. The average Bonchev–Trinajstić information content (AvgIpc) is 2.56. The van der Waals surface area contributed by atoms with Crippen LogP contribution in [-0.2, 0) is 0 Å². The maximum absolute atomic E-state index is 12.1. The Kier molecular flexibility index (Phi) is 5.87. The molecule has 2 aromatic rings. The number of hydrogen-bond acceptors (Lipinski definition) is 3. The molecule has 0 radical (unpaired) electrons. The van der Waals surface area contributed by atoms with Crippen molar-refractivity contribution in [2.45, 2.75) is 13.0 Å². The van der Waals surface area contributed by atoms with Crippen molar-refractivity contribution in [3.63, 3.8) is 0 Å². The number of amides is 2. The van der Waals surface area contributed by atoms with Gasteiger partial charge in [-0.25, -0.2) is 4.79 Å². The van der Waals surface area contributed by atoms with Gasteiger partial charge in [-0.15, -0.1) is 0 Å². The molecule has 0 bridgehead atoms. The first kappa shape index (κ1) is 17.1. The van der Waals surface area contributed by atoms with Crippen LogP contribution in [-0.4, -0.2) is 20.3 Å². The number of ether oxygens (including phenoxy) is 2. The third-order valence-electron chi connectivity index (χ3n) is 3.38. The Bertz CT molecular complexity index is 691. The Morgan fingerprint density at radius 1 is 1.09 bits per heavy atom. The van der Waals surface area contributed by atoms with E-state index in [4.69, 9.17) is 9.47 Å². The summed E-state index contributed by atoms with van der Waals surface area (Å²) in [5, 5.41) is 5.70. The molecule has 2 aromatic carbocycles. The Balaban J connectivity index is 2.05. The zero-order chi connectivity index (χ0) is 16.8. The number of nitrogens with one attached hydrogen (secondary N) is 2. The molecule has 0 saturated carbocycles. The predicted molar refractivity (Wildman–Crippen MR) is 94.3 cm³/mol. The summed E-state index contributed by atoms with van der Waals surface area (Å²) in [5.74, 6) is 1.28. The highest BCUT2D eigenvalue weighted by molar-refractivity contribution is 9.10. The number of rotatable bonds is 5. The third-order valence-corrected chi connectivity index (χ3v) is 4.07. The fourth-order valence-electron chi connectivity index (χ4n) is 2.12. The number of urea groups is 1. The monoisotopic (exact) mass is 378 g/mol. The molecule has 0 aliphatic heterocycles. The minimum Gasteiger partial charge on any atom is -0.493 e. The first-order valence-corrected chi connectivity index (χ1v) is 7.88. The molecule has 23 heavy (non-hydrogen) atoms. The summed E-state index contributed by atoms with van der Waals surface area (Å²) < 4.78 is 11.3. The normalized spacial score (nSPS) is 11.5. The van der Waals surface area contributed by atoms with E-state index < -0.39 is 0 Å². The highest BCUT2D eigenvalue weighted by atomic mass is 79.9. The van der Waals surface area contributed by atoms with E-state index in [1.54, 1.807) is 14.2 Å². The zero-order valence-electron chi connectivity index (χ0n) is 13.2. The van der Waals surface area contributed by atoms with Crippen LogP contribution in [0.5, 0.6) is 11.5 Å². The van der Waals surface area contributed by atoms with Crippen LogP contribution in [0.3, 0.4) is 0 Å². The van der Waals surface area contributed by atoms with Crippen LogP contribution in [0, 0.1) is 0 Å². The molecule has 0 aliphatic carbocycles. The van der Waals surface area contributed by atoms with Crippen molar-refractivity contribution in [2.24, 2.45) is 0 Å². The van der Waals surface area contributed by atoms with Gasteiger partial charge >= 0.3 is 6.03 Å². The molecule has 0 aliphatic rings. The third kappa shape index (κ3) is 4.39. The second-order valence-electron chi connectivity index (χ2n) is 4.91. The number of carbonyl (C=O) groups excluding carboxylic acids is 1. The maximum Gasteiger partial charge on any atom is 0.319 e. The zero-order valence-corrected chi connectivity index (χ0v) is 14.8. The molecule has 0 saturated heterocycles. The van der Waals surface area contributed by atoms with Gasteiger partial charge < -0.3 is 20.1 Å². The number of carbonyl (C=O) groups is 1. The van der Waals surface area contributed by atoms with Gasteiger partial charge in [0.05, 0.1) is 25.9 Å². The Morgan fingerprint density at radius 2 is 1.78 bits per heavy atom. The lowest BCUT2D eigenvalue weighted by Gasteiger charge is -2.17. The molecule has 2 rings (SSSR count). The van der Waals surface area contributed by atoms with E-state index in [0.717, 1.165) is 10.0 Å². The fraction of sp³-hybridized carbons (Fsp3) is 0.235. The second kappa shape index (κ2) is 7.87. The summed E-state index contributed by atoms with van der Waals surface area (Å²) in [5.41, 5.74) is 1.63. The van der Waals surface area contributed by atoms with Gasteiger partial charge in [0.2, 0.25) is 0 Å². The van der Waals surface area contributed by atoms with Gasteiger partial charge in [0.15, 0.2) is 11.5 Å². The van der Waals surface area contributed by atoms with E-state index in [2.05, 4.69) is 26.6 Å². The molecule has 5 nitrogen and oxygen atoms in total. The quantitative estimate of drug-likeness (QED) is 0.812. The van der Waals surface area contributed by atoms with Crippen molar-refractivity contribution >= 4 is 27.6 Å². The van der Waals surface area contributed by atoms with E-state index in [1.807, 2.05) is 49.4 Å². The first-order chi connectivity index (χ1) is 11.0. The smallest absolute Gasteiger partial charge is 0.319 e.